The first-order chi connectivity index (χ1) is 14.9. The van der Waals surface area contributed by atoms with E-state index in [-0.39, 0.29) is 12.0 Å². The molecule has 0 atom stereocenters. The van der Waals surface area contributed by atoms with Gasteiger partial charge in [0.2, 0.25) is 0 Å². The molecule has 31 heavy (non-hydrogen) atoms. The van der Waals surface area contributed by atoms with Gasteiger partial charge >= 0.3 is 0 Å². The van der Waals surface area contributed by atoms with E-state index in [2.05, 4.69) is 19.9 Å². The number of benzene rings is 2. The molecule has 0 aliphatic heterocycles. The van der Waals surface area contributed by atoms with Gasteiger partial charge in [-0.05, 0) is 58.8 Å². The van der Waals surface area contributed by atoms with Gasteiger partial charge in [-0.1, -0.05) is 37.6 Å². The number of halogens is 2. The highest BCUT2D eigenvalue weighted by molar-refractivity contribution is 7.99. The van der Waals surface area contributed by atoms with Gasteiger partial charge in [0.25, 0.3) is 0 Å². The Morgan fingerprint density at radius 2 is 1.87 bits per heavy atom. The van der Waals surface area contributed by atoms with Crippen molar-refractivity contribution in [2.45, 2.75) is 30.1 Å². The van der Waals surface area contributed by atoms with Crippen molar-refractivity contribution in [2.24, 2.45) is 5.14 Å². The SMILES string of the molecule is CC(C)(c1ccc(OCc2csc(SN)c2)cc1)c1cc(Cl)c(OCCCl)c(C#N)c1. The standard InChI is InChI=1S/C23H22Cl2N2O2S2/c1-23(2,18-10-16(12-26)22(20(25)11-18)28-8-7-24)17-3-5-19(6-4-17)29-13-15-9-21(31-27)30-14-15/h3-6,9-11,14H,7-8,13,27H2,1-2H3. The van der Waals surface area contributed by atoms with E-state index in [9.17, 15) is 5.26 Å². The van der Waals surface area contributed by atoms with Crippen LogP contribution in [0.4, 0.5) is 0 Å². The zero-order valence-corrected chi connectivity index (χ0v) is 20.3. The van der Waals surface area contributed by atoms with Crippen LogP contribution >= 0.6 is 46.5 Å². The van der Waals surface area contributed by atoms with Crippen LogP contribution in [0.2, 0.25) is 5.02 Å². The fourth-order valence-corrected chi connectivity index (χ4v) is 4.68. The topological polar surface area (TPSA) is 68.3 Å². The summed E-state index contributed by atoms with van der Waals surface area (Å²) in [6.45, 7) is 4.96. The number of hydrogen-bond donors (Lipinski definition) is 1. The Morgan fingerprint density at radius 1 is 1.13 bits per heavy atom. The molecular formula is C23H22Cl2N2O2S2. The van der Waals surface area contributed by atoms with Crippen molar-refractivity contribution in [1.29, 1.82) is 5.26 Å². The number of ether oxygens (including phenoxy) is 2. The number of rotatable bonds is 9. The fourth-order valence-electron chi connectivity index (χ4n) is 3.12. The number of alkyl halides is 1. The van der Waals surface area contributed by atoms with Crippen molar-refractivity contribution in [1.82, 2.24) is 0 Å². The third kappa shape index (κ3) is 5.68. The molecule has 1 aromatic heterocycles. The Balaban J connectivity index is 1.78. The van der Waals surface area contributed by atoms with E-state index in [1.165, 1.54) is 11.9 Å². The summed E-state index contributed by atoms with van der Waals surface area (Å²) < 4.78 is 12.5. The van der Waals surface area contributed by atoms with Crippen LogP contribution in [-0.2, 0) is 12.0 Å². The van der Waals surface area contributed by atoms with Gasteiger partial charge in [-0.2, -0.15) is 5.26 Å². The van der Waals surface area contributed by atoms with Crippen LogP contribution in [0.1, 0.15) is 36.1 Å². The van der Waals surface area contributed by atoms with E-state index >= 15 is 0 Å². The minimum absolute atomic E-state index is 0.290. The van der Waals surface area contributed by atoms with E-state index in [1.54, 1.807) is 11.3 Å². The lowest BCUT2D eigenvalue weighted by Crippen LogP contribution is -2.19. The molecule has 0 saturated carbocycles. The van der Waals surface area contributed by atoms with Gasteiger partial charge in [-0.15, -0.1) is 22.9 Å². The monoisotopic (exact) mass is 492 g/mol. The predicted octanol–water partition coefficient (Wildman–Crippen LogP) is 6.76. The lowest BCUT2D eigenvalue weighted by atomic mass is 9.77. The molecule has 3 rings (SSSR count). The van der Waals surface area contributed by atoms with Crippen LogP contribution in [0.3, 0.4) is 0 Å². The third-order valence-corrected chi connectivity index (χ3v) is 7.07. The van der Waals surface area contributed by atoms with Crippen molar-refractivity contribution >= 4 is 46.5 Å². The van der Waals surface area contributed by atoms with Gasteiger partial charge in [-0.25, -0.2) is 0 Å². The van der Waals surface area contributed by atoms with Crippen LogP contribution in [0.15, 0.2) is 52.1 Å². The molecule has 0 spiro atoms. The molecule has 0 bridgehead atoms. The minimum atomic E-state index is -0.376. The quantitative estimate of drug-likeness (QED) is 0.263. The predicted molar refractivity (Wildman–Crippen MR) is 130 cm³/mol. The van der Waals surface area contributed by atoms with E-state index in [1.807, 2.05) is 47.8 Å². The first-order valence-corrected chi connectivity index (χ1v) is 12.2. The van der Waals surface area contributed by atoms with Gasteiger partial charge in [0.05, 0.1) is 20.7 Å². The van der Waals surface area contributed by atoms with Gasteiger partial charge in [0, 0.05) is 11.0 Å². The van der Waals surface area contributed by atoms with E-state index in [4.69, 9.17) is 37.8 Å². The van der Waals surface area contributed by atoms with Crippen molar-refractivity contribution in [3.63, 3.8) is 0 Å². The lowest BCUT2D eigenvalue weighted by molar-refractivity contribution is 0.306. The van der Waals surface area contributed by atoms with Crippen LogP contribution in [-0.4, -0.2) is 12.5 Å². The van der Waals surface area contributed by atoms with Crippen molar-refractivity contribution < 1.29 is 9.47 Å². The van der Waals surface area contributed by atoms with Crippen molar-refractivity contribution in [3.05, 3.63) is 75.1 Å². The number of nitrogens with two attached hydrogens (primary N) is 1. The molecule has 0 aliphatic rings. The van der Waals surface area contributed by atoms with Gasteiger partial charge < -0.3 is 9.47 Å². The van der Waals surface area contributed by atoms with Crippen molar-refractivity contribution in [3.8, 4) is 17.6 Å². The molecule has 0 unspecified atom stereocenters. The Hall–Kier alpha value is -1.88. The maximum Gasteiger partial charge on any atom is 0.155 e. The Kier molecular flexibility index (Phi) is 8.15. The van der Waals surface area contributed by atoms with Crippen LogP contribution in [0, 0.1) is 11.3 Å². The molecule has 8 heteroatoms. The highest BCUT2D eigenvalue weighted by Gasteiger charge is 2.26. The Labute approximate surface area is 201 Å². The summed E-state index contributed by atoms with van der Waals surface area (Å²) in [4.78, 5) is 0. The van der Waals surface area contributed by atoms with Crippen LogP contribution < -0.4 is 14.6 Å². The second-order valence-corrected chi connectivity index (χ2v) is 9.94. The maximum absolute atomic E-state index is 9.56. The summed E-state index contributed by atoms with van der Waals surface area (Å²) in [6.07, 6.45) is 0. The lowest BCUT2D eigenvalue weighted by Gasteiger charge is -2.27. The molecule has 2 aromatic carbocycles. The van der Waals surface area contributed by atoms with Crippen LogP contribution in [0.5, 0.6) is 11.5 Å². The largest absolute Gasteiger partial charge is 0.489 e. The molecule has 4 nitrogen and oxygen atoms in total. The Morgan fingerprint density at radius 3 is 2.48 bits per heavy atom. The summed E-state index contributed by atoms with van der Waals surface area (Å²) in [5.41, 5.74) is 3.11. The normalized spacial score (nSPS) is 11.2. The highest BCUT2D eigenvalue weighted by Crippen LogP contribution is 2.38. The molecule has 1 heterocycles. The van der Waals surface area contributed by atoms with Crippen molar-refractivity contribution in [2.75, 3.05) is 12.5 Å². The Bertz CT molecular complexity index is 1080. The number of nitrogens with zero attached hydrogens (tertiary/aromatic N) is 1. The zero-order chi connectivity index (χ0) is 22.4. The summed E-state index contributed by atoms with van der Waals surface area (Å²) in [7, 11) is 0. The summed E-state index contributed by atoms with van der Waals surface area (Å²) >= 11 is 15.0. The summed E-state index contributed by atoms with van der Waals surface area (Å²) in [5.74, 6) is 1.48. The van der Waals surface area contributed by atoms with Gasteiger partial charge in [-0.3, -0.25) is 5.14 Å². The number of thiophene rings is 1. The number of nitriles is 1. The average Bonchev–Trinajstić information content (AvgIpc) is 3.24. The molecule has 0 fully saturated rings. The van der Waals surface area contributed by atoms with E-state index in [0.29, 0.717) is 28.8 Å². The maximum atomic E-state index is 9.56. The van der Waals surface area contributed by atoms with Crippen LogP contribution in [0.25, 0.3) is 0 Å². The first kappa shape index (κ1) is 23.8. The molecular weight excluding hydrogens is 471 g/mol. The fraction of sp³-hybridized carbons (Fsp3) is 0.261. The molecule has 0 amide bonds. The molecule has 162 valence electrons. The second-order valence-electron chi connectivity index (χ2n) is 7.31. The van der Waals surface area contributed by atoms with E-state index in [0.717, 1.165) is 26.6 Å². The molecule has 0 radical (unpaired) electrons. The summed E-state index contributed by atoms with van der Waals surface area (Å²) in [6, 6.07) is 15.8. The zero-order valence-electron chi connectivity index (χ0n) is 17.2. The highest BCUT2D eigenvalue weighted by atomic mass is 35.5. The first-order valence-electron chi connectivity index (χ1n) is 9.49. The number of hydrogen-bond acceptors (Lipinski definition) is 6. The smallest absolute Gasteiger partial charge is 0.155 e. The van der Waals surface area contributed by atoms with E-state index < -0.39 is 0 Å². The minimum Gasteiger partial charge on any atom is -0.489 e. The summed E-state index contributed by atoms with van der Waals surface area (Å²) in [5, 5.41) is 17.6. The van der Waals surface area contributed by atoms with Gasteiger partial charge in [0.15, 0.2) is 5.75 Å². The third-order valence-electron chi connectivity index (χ3n) is 4.94. The molecule has 0 aliphatic carbocycles. The molecule has 0 saturated heterocycles. The average molecular weight is 493 g/mol. The van der Waals surface area contributed by atoms with Gasteiger partial charge in [0.1, 0.15) is 25.0 Å². The second kappa shape index (κ2) is 10.6. The molecule has 3 aromatic rings. The molecule has 2 N–H and O–H groups in total.